The number of likely N-dealkylation sites (N-methyl/N-ethyl adjacent to an activating group) is 1. The molecule has 0 radical (unpaired) electrons. The Labute approximate surface area is 171 Å². The van der Waals surface area contributed by atoms with Crippen LogP contribution in [0.3, 0.4) is 0 Å². The van der Waals surface area contributed by atoms with E-state index in [9.17, 15) is 18.0 Å². The van der Waals surface area contributed by atoms with Crippen LogP contribution in [-0.4, -0.2) is 87.2 Å². The number of piperazine rings is 1. The van der Waals surface area contributed by atoms with E-state index in [-0.39, 0.29) is 23.3 Å². The van der Waals surface area contributed by atoms with Crippen molar-refractivity contribution in [3.8, 4) is 6.07 Å². The first-order valence-electron chi connectivity index (χ1n) is 9.51. The predicted octanol–water partition coefficient (Wildman–Crippen LogP) is -0.151. The van der Waals surface area contributed by atoms with Gasteiger partial charge in [-0.2, -0.15) is 9.57 Å². The van der Waals surface area contributed by atoms with Crippen molar-refractivity contribution in [2.24, 2.45) is 0 Å². The maximum atomic E-state index is 12.6. The zero-order valence-electron chi connectivity index (χ0n) is 16.8. The van der Waals surface area contributed by atoms with Crippen molar-refractivity contribution in [3.63, 3.8) is 0 Å². The van der Waals surface area contributed by atoms with Crippen molar-refractivity contribution in [3.05, 3.63) is 29.8 Å². The van der Waals surface area contributed by atoms with E-state index in [4.69, 9.17) is 5.26 Å². The second kappa shape index (κ2) is 10.3. The minimum Gasteiger partial charge on any atom is -0.355 e. The first-order valence-corrected chi connectivity index (χ1v) is 10.9. The van der Waals surface area contributed by atoms with E-state index < -0.39 is 10.0 Å². The number of hydrogen-bond acceptors (Lipinski definition) is 6. The number of hydrogen-bond donors (Lipinski definition) is 1. The van der Waals surface area contributed by atoms with E-state index in [1.807, 2.05) is 17.9 Å². The molecule has 1 heterocycles. The molecule has 0 unspecified atom stereocenters. The van der Waals surface area contributed by atoms with Crippen LogP contribution in [0.15, 0.2) is 29.2 Å². The number of nitrogens with one attached hydrogen (secondary N) is 1. The van der Waals surface area contributed by atoms with Gasteiger partial charge < -0.3 is 10.2 Å². The lowest BCUT2D eigenvalue weighted by atomic mass is 10.2. The second-order valence-corrected chi connectivity index (χ2v) is 8.95. The van der Waals surface area contributed by atoms with E-state index in [1.54, 1.807) is 4.90 Å². The smallest absolute Gasteiger partial charge is 0.243 e. The van der Waals surface area contributed by atoms with E-state index in [0.717, 1.165) is 10.7 Å². The molecule has 1 aliphatic rings. The van der Waals surface area contributed by atoms with Gasteiger partial charge in [-0.05, 0) is 30.7 Å². The largest absolute Gasteiger partial charge is 0.355 e. The SMILES string of the molecule is CCCNC(=O)CN1CCN(C(=O)CN(C)S(=O)(=O)c2ccc(C#N)cc2)CC1. The Morgan fingerprint density at radius 3 is 2.34 bits per heavy atom. The number of carbonyl (C=O) groups is 2. The molecule has 1 aliphatic heterocycles. The molecule has 0 saturated carbocycles. The third kappa shape index (κ3) is 6.25. The average molecular weight is 422 g/mol. The van der Waals surface area contributed by atoms with Crippen molar-refractivity contribution < 1.29 is 18.0 Å². The van der Waals surface area contributed by atoms with E-state index in [0.29, 0.717) is 44.8 Å². The molecule has 1 N–H and O–H groups in total. The highest BCUT2D eigenvalue weighted by Crippen LogP contribution is 2.15. The zero-order chi connectivity index (χ0) is 21.4. The van der Waals surface area contributed by atoms with Gasteiger partial charge in [0.15, 0.2) is 0 Å². The van der Waals surface area contributed by atoms with Crippen molar-refractivity contribution in [1.82, 2.24) is 19.4 Å². The maximum Gasteiger partial charge on any atom is 0.243 e. The van der Waals surface area contributed by atoms with Crippen LogP contribution >= 0.6 is 0 Å². The molecule has 0 aliphatic carbocycles. The van der Waals surface area contributed by atoms with Crippen molar-refractivity contribution in [2.75, 3.05) is 52.9 Å². The number of nitriles is 1. The van der Waals surface area contributed by atoms with Gasteiger partial charge in [0.05, 0.1) is 29.6 Å². The normalized spacial score (nSPS) is 15.2. The molecule has 0 atom stereocenters. The number of nitrogens with zero attached hydrogens (tertiary/aromatic N) is 4. The Hall–Kier alpha value is -2.48. The highest BCUT2D eigenvalue weighted by molar-refractivity contribution is 7.89. The molecule has 10 heteroatoms. The topological polar surface area (TPSA) is 114 Å². The van der Waals surface area contributed by atoms with Gasteiger partial charge in [0.25, 0.3) is 0 Å². The molecule has 1 saturated heterocycles. The van der Waals surface area contributed by atoms with Gasteiger partial charge in [-0.1, -0.05) is 6.92 Å². The van der Waals surface area contributed by atoms with Gasteiger partial charge in [-0.3, -0.25) is 14.5 Å². The zero-order valence-corrected chi connectivity index (χ0v) is 17.6. The Morgan fingerprint density at radius 2 is 1.79 bits per heavy atom. The van der Waals surface area contributed by atoms with Crippen LogP contribution in [0.2, 0.25) is 0 Å². The molecule has 1 fully saturated rings. The van der Waals surface area contributed by atoms with Crippen LogP contribution in [0.25, 0.3) is 0 Å². The minimum atomic E-state index is -3.82. The molecule has 0 aromatic heterocycles. The molecule has 2 amide bonds. The summed E-state index contributed by atoms with van der Waals surface area (Å²) in [6.45, 7) is 4.71. The summed E-state index contributed by atoms with van der Waals surface area (Å²) in [5.74, 6) is -0.306. The van der Waals surface area contributed by atoms with Crippen LogP contribution in [-0.2, 0) is 19.6 Å². The summed E-state index contributed by atoms with van der Waals surface area (Å²) in [5.41, 5.74) is 0.365. The monoisotopic (exact) mass is 421 g/mol. The first-order chi connectivity index (χ1) is 13.8. The Balaban J connectivity index is 1.87. The van der Waals surface area contributed by atoms with Crippen LogP contribution in [0.4, 0.5) is 0 Å². The number of amides is 2. The van der Waals surface area contributed by atoms with Crippen LogP contribution in [0, 0.1) is 11.3 Å². The summed E-state index contributed by atoms with van der Waals surface area (Å²) in [6.07, 6.45) is 0.882. The van der Waals surface area contributed by atoms with Crippen molar-refractivity contribution >= 4 is 21.8 Å². The molecule has 158 valence electrons. The molecule has 2 rings (SSSR count). The minimum absolute atomic E-state index is 0.0279. The van der Waals surface area contributed by atoms with Gasteiger partial charge in [-0.25, -0.2) is 8.42 Å². The van der Waals surface area contributed by atoms with Crippen LogP contribution < -0.4 is 5.32 Å². The lowest BCUT2D eigenvalue weighted by molar-refractivity contribution is -0.133. The maximum absolute atomic E-state index is 12.6. The fourth-order valence-corrected chi connectivity index (χ4v) is 4.06. The molecule has 1 aromatic carbocycles. The Morgan fingerprint density at radius 1 is 1.17 bits per heavy atom. The van der Waals surface area contributed by atoms with Crippen molar-refractivity contribution in [2.45, 2.75) is 18.2 Å². The molecule has 0 bridgehead atoms. The summed E-state index contributed by atoms with van der Waals surface area (Å²) in [6, 6.07) is 7.51. The molecule has 9 nitrogen and oxygen atoms in total. The molecule has 29 heavy (non-hydrogen) atoms. The second-order valence-electron chi connectivity index (χ2n) is 6.90. The number of benzene rings is 1. The van der Waals surface area contributed by atoms with Gasteiger partial charge in [0.2, 0.25) is 21.8 Å². The van der Waals surface area contributed by atoms with E-state index in [2.05, 4.69) is 5.32 Å². The van der Waals surface area contributed by atoms with Crippen LogP contribution in [0.5, 0.6) is 0 Å². The number of sulfonamides is 1. The quantitative estimate of drug-likeness (QED) is 0.624. The van der Waals surface area contributed by atoms with Crippen molar-refractivity contribution in [1.29, 1.82) is 5.26 Å². The van der Waals surface area contributed by atoms with Gasteiger partial charge in [-0.15, -0.1) is 0 Å². The third-order valence-electron chi connectivity index (χ3n) is 4.71. The molecular weight excluding hydrogens is 394 g/mol. The fourth-order valence-electron chi connectivity index (χ4n) is 2.94. The Kier molecular flexibility index (Phi) is 8.13. The number of rotatable bonds is 8. The summed E-state index contributed by atoms with van der Waals surface area (Å²) in [7, 11) is -2.46. The average Bonchev–Trinajstić information content (AvgIpc) is 2.72. The molecule has 1 aromatic rings. The van der Waals surface area contributed by atoms with Crippen LogP contribution in [0.1, 0.15) is 18.9 Å². The van der Waals surface area contributed by atoms with Gasteiger partial charge in [0, 0.05) is 39.8 Å². The standard InChI is InChI=1S/C19H27N5O4S/c1-3-8-21-18(25)14-23-9-11-24(12-10-23)19(26)15-22(2)29(27,28)17-6-4-16(13-20)5-7-17/h4-7H,3,8-12,14-15H2,1-2H3,(H,21,25). The lowest BCUT2D eigenvalue weighted by Crippen LogP contribution is -2.53. The van der Waals surface area contributed by atoms with E-state index in [1.165, 1.54) is 31.3 Å². The highest BCUT2D eigenvalue weighted by atomic mass is 32.2. The Bertz CT molecular complexity index is 856. The first kappa shape index (κ1) is 22.8. The molecular formula is C19H27N5O4S. The van der Waals surface area contributed by atoms with E-state index >= 15 is 0 Å². The summed E-state index contributed by atoms with van der Waals surface area (Å²) >= 11 is 0. The number of carbonyl (C=O) groups excluding carboxylic acids is 2. The summed E-state index contributed by atoms with van der Waals surface area (Å²) < 4.78 is 26.3. The highest BCUT2D eigenvalue weighted by Gasteiger charge is 2.27. The summed E-state index contributed by atoms with van der Waals surface area (Å²) in [5, 5.41) is 11.6. The predicted molar refractivity (Wildman–Crippen MR) is 107 cm³/mol. The fraction of sp³-hybridized carbons (Fsp3) is 0.526. The lowest BCUT2D eigenvalue weighted by Gasteiger charge is -2.35. The van der Waals surface area contributed by atoms with Gasteiger partial charge >= 0.3 is 0 Å². The molecule has 0 spiro atoms. The van der Waals surface area contributed by atoms with Gasteiger partial charge in [0.1, 0.15) is 0 Å². The summed E-state index contributed by atoms with van der Waals surface area (Å²) in [4.78, 5) is 28.0. The third-order valence-corrected chi connectivity index (χ3v) is 6.53.